The van der Waals surface area contributed by atoms with Crippen molar-refractivity contribution in [1.82, 2.24) is 9.47 Å². The first kappa shape index (κ1) is 36.9. The summed E-state index contributed by atoms with van der Waals surface area (Å²) < 4.78 is 92.9. The van der Waals surface area contributed by atoms with Crippen LogP contribution in [0.3, 0.4) is 0 Å². The maximum absolute atomic E-state index is 15.2. The normalized spacial score (nSPS) is 18.7. The average molecular weight is 695 g/mol. The molecule has 2 aromatic carbocycles. The molecule has 0 spiro atoms. The first-order valence-corrected chi connectivity index (χ1v) is 17.3. The maximum Gasteiger partial charge on any atom is 0.415 e. The minimum Gasteiger partial charge on any atom is -0.495 e. The first-order valence-electron chi connectivity index (χ1n) is 15.4. The number of ether oxygens (including phenoxy) is 2. The summed E-state index contributed by atoms with van der Waals surface area (Å²) in [7, 11) is 1.53. The summed E-state index contributed by atoms with van der Waals surface area (Å²) >= 11 is 0. The van der Waals surface area contributed by atoms with Gasteiger partial charge in [-0.1, -0.05) is 12.0 Å². The topological polar surface area (TPSA) is 93.1 Å². The van der Waals surface area contributed by atoms with E-state index in [1.54, 1.807) is 39.0 Å². The number of methoxy groups -OCH3 is 1. The predicted molar refractivity (Wildman–Crippen MR) is 178 cm³/mol. The highest BCUT2D eigenvalue weighted by atomic mass is 32.2. The Morgan fingerprint density at radius 3 is 2.40 bits per heavy atom. The Labute approximate surface area is 279 Å². The highest BCUT2D eigenvalue weighted by molar-refractivity contribution is 7.90. The van der Waals surface area contributed by atoms with Gasteiger partial charge >= 0.3 is 12.3 Å². The molecule has 9 nitrogen and oxygen atoms in total. The molecule has 262 valence electrons. The van der Waals surface area contributed by atoms with Gasteiger partial charge in [-0.3, -0.25) is 4.90 Å². The number of benzene rings is 2. The van der Waals surface area contributed by atoms with Crippen molar-refractivity contribution in [2.75, 3.05) is 44.2 Å². The van der Waals surface area contributed by atoms with E-state index in [0.29, 0.717) is 23.9 Å². The lowest BCUT2D eigenvalue weighted by molar-refractivity contribution is -0.140. The largest absolute Gasteiger partial charge is 0.495 e. The highest BCUT2D eigenvalue weighted by Crippen LogP contribution is 2.34. The van der Waals surface area contributed by atoms with E-state index in [0.717, 1.165) is 22.1 Å². The number of halogens is 4. The number of hydrogen-bond acceptors (Lipinski definition) is 7. The van der Waals surface area contributed by atoms with Crippen molar-refractivity contribution in [1.29, 1.82) is 0 Å². The molecule has 1 fully saturated rings. The van der Waals surface area contributed by atoms with Crippen LogP contribution in [-0.2, 0) is 21.1 Å². The smallest absolute Gasteiger partial charge is 0.415 e. The number of sulfone groups is 1. The summed E-state index contributed by atoms with van der Waals surface area (Å²) in [5.41, 5.74) is 0.0449. The molecule has 14 heteroatoms. The molecule has 0 saturated heterocycles. The molecule has 48 heavy (non-hydrogen) atoms. The van der Waals surface area contributed by atoms with Crippen molar-refractivity contribution in [3.05, 3.63) is 48.2 Å². The van der Waals surface area contributed by atoms with Crippen molar-refractivity contribution in [2.45, 2.75) is 81.5 Å². The third-order valence-electron chi connectivity index (χ3n) is 8.04. The number of carbonyl (C=O) groups excluding carboxylic acids is 1. The number of aromatic nitrogens is 1. The summed E-state index contributed by atoms with van der Waals surface area (Å²) in [6.07, 6.45) is -3.81. The molecule has 4 rings (SSSR count). The van der Waals surface area contributed by atoms with Crippen molar-refractivity contribution < 1.29 is 40.2 Å². The Hall–Kier alpha value is -3.96. The Morgan fingerprint density at radius 2 is 1.81 bits per heavy atom. The van der Waals surface area contributed by atoms with Gasteiger partial charge in [0, 0.05) is 29.4 Å². The van der Waals surface area contributed by atoms with Crippen LogP contribution in [0.2, 0.25) is 0 Å². The quantitative estimate of drug-likeness (QED) is 0.209. The van der Waals surface area contributed by atoms with E-state index < -0.39 is 46.5 Å². The van der Waals surface area contributed by atoms with Crippen LogP contribution in [0.25, 0.3) is 10.9 Å². The van der Waals surface area contributed by atoms with Gasteiger partial charge < -0.3 is 24.3 Å². The lowest BCUT2D eigenvalue weighted by Crippen LogP contribution is -2.43. The van der Waals surface area contributed by atoms with E-state index in [9.17, 15) is 26.4 Å². The van der Waals surface area contributed by atoms with Crippen molar-refractivity contribution in [3.63, 3.8) is 0 Å². The maximum atomic E-state index is 15.2. The van der Waals surface area contributed by atoms with E-state index in [-0.39, 0.29) is 40.1 Å². The fourth-order valence-electron chi connectivity index (χ4n) is 5.68. The first-order chi connectivity index (χ1) is 22.3. The van der Waals surface area contributed by atoms with Crippen LogP contribution >= 0.6 is 0 Å². The molecule has 1 N–H and O–H groups in total. The highest BCUT2D eigenvalue weighted by Gasteiger charge is 2.33. The third-order valence-corrected chi connectivity index (χ3v) is 9.15. The van der Waals surface area contributed by atoms with Crippen LogP contribution in [0.5, 0.6) is 5.75 Å². The lowest BCUT2D eigenvalue weighted by atomic mass is 9.88. The Kier molecular flexibility index (Phi) is 11.0. The Balaban J connectivity index is 1.73. The monoisotopic (exact) mass is 694 g/mol. The van der Waals surface area contributed by atoms with Gasteiger partial charge in [0.15, 0.2) is 9.84 Å². The van der Waals surface area contributed by atoms with Crippen molar-refractivity contribution in [2.24, 2.45) is 0 Å². The number of nitrogens with zero attached hydrogens (tertiary/aromatic N) is 3. The van der Waals surface area contributed by atoms with Crippen molar-refractivity contribution >= 4 is 38.2 Å². The van der Waals surface area contributed by atoms with E-state index in [1.807, 2.05) is 19.0 Å². The van der Waals surface area contributed by atoms with E-state index in [4.69, 9.17) is 9.47 Å². The zero-order valence-electron chi connectivity index (χ0n) is 28.1. The number of hydrogen-bond donors (Lipinski definition) is 1. The molecule has 0 bridgehead atoms. The second-order valence-corrected chi connectivity index (χ2v) is 15.2. The van der Waals surface area contributed by atoms with E-state index >= 15 is 4.39 Å². The second kappa shape index (κ2) is 14.3. The number of amides is 1. The van der Waals surface area contributed by atoms with E-state index in [2.05, 4.69) is 17.2 Å². The van der Waals surface area contributed by atoms with Crippen LogP contribution in [-0.4, -0.2) is 88.0 Å². The summed E-state index contributed by atoms with van der Waals surface area (Å²) in [5, 5.41) is 3.69. The molecule has 3 aromatic rings. The van der Waals surface area contributed by atoms with E-state index in [1.165, 1.54) is 31.4 Å². The molecule has 0 aliphatic heterocycles. The van der Waals surface area contributed by atoms with Gasteiger partial charge in [-0.15, -0.1) is 0 Å². The fraction of sp³-hybridized carbons (Fsp3) is 0.500. The molecule has 1 saturated carbocycles. The lowest BCUT2D eigenvalue weighted by Gasteiger charge is -2.36. The number of alkyl halides is 4. The van der Waals surface area contributed by atoms with Crippen molar-refractivity contribution in [3.8, 4) is 17.6 Å². The number of nitrogens with one attached hydrogen (secondary N) is 1. The van der Waals surface area contributed by atoms with Crippen LogP contribution < -0.4 is 15.0 Å². The zero-order chi connectivity index (χ0) is 35.6. The van der Waals surface area contributed by atoms with Gasteiger partial charge in [0.05, 0.1) is 41.5 Å². The summed E-state index contributed by atoms with van der Waals surface area (Å²) in [4.78, 5) is 16.4. The number of rotatable bonds is 8. The second-order valence-electron chi connectivity index (χ2n) is 13.1. The van der Waals surface area contributed by atoms with Gasteiger partial charge in [-0.25, -0.2) is 17.6 Å². The van der Waals surface area contributed by atoms with Crippen LogP contribution in [0, 0.1) is 11.8 Å². The SMILES string of the molecule is COc1cc(S(C)(=O)=O)ccc1N(CC#Cc1cc2c(NC3CCC(N(C)C)CC3F)cccc2n1CC(F)(F)F)C(=O)OC(C)(C)C. The Morgan fingerprint density at radius 1 is 1.10 bits per heavy atom. The molecule has 1 amide bonds. The predicted octanol–water partition coefficient (Wildman–Crippen LogP) is 6.64. The molecule has 3 unspecified atom stereocenters. The fourth-order valence-corrected chi connectivity index (χ4v) is 6.31. The summed E-state index contributed by atoms with van der Waals surface area (Å²) in [6.45, 7) is 3.35. The number of carbonyl (C=O) groups is 1. The van der Waals surface area contributed by atoms with Gasteiger partial charge in [0.2, 0.25) is 0 Å². The molecular weight excluding hydrogens is 652 g/mol. The van der Waals surface area contributed by atoms with Crippen LogP contribution in [0.1, 0.15) is 45.7 Å². The molecule has 1 aromatic heterocycles. The molecule has 0 radical (unpaired) electrons. The molecular formula is C34H42F4N4O5S. The zero-order valence-corrected chi connectivity index (χ0v) is 28.9. The number of anilines is 2. The van der Waals surface area contributed by atoms with Crippen LogP contribution in [0.4, 0.5) is 33.7 Å². The Bertz CT molecular complexity index is 1810. The summed E-state index contributed by atoms with van der Waals surface area (Å²) in [6, 6.07) is 9.96. The number of fused-ring (bicyclic) bond motifs is 1. The van der Waals surface area contributed by atoms with Gasteiger partial charge in [-0.05, 0) is 90.4 Å². The minimum absolute atomic E-state index is 0.0354. The average Bonchev–Trinajstić information content (AvgIpc) is 3.31. The minimum atomic E-state index is -4.57. The summed E-state index contributed by atoms with van der Waals surface area (Å²) in [5.74, 6) is 5.65. The standard InChI is InChI=1S/C34H42F4N4O5S/c1-33(2,3)47-32(43)41(30-16-14-24(48(7,44)45)20-31(30)46-6)17-9-10-23-18-25-27(11-8-12-29(25)42(23)21-34(36,37)38)39-28-15-13-22(40(4)5)19-26(28)35/h8,11-12,14,16,18,20,22,26,28,39H,13,15,17,19,21H2,1-7H3. The molecule has 1 aliphatic rings. The van der Waals surface area contributed by atoms with Gasteiger partial charge in [-0.2, -0.15) is 13.2 Å². The van der Waals surface area contributed by atoms with Gasteiger partial charge in [0.1, 0.15) is 24.1 Å². The molecule has 3 atom stereocenters. The molecule has 1 heterocycles. The van der Waals surface area contributed by atoms with Crippen LogP contribution in [0.15, 0.2) is 47.4 Å². The van der Waals surface area contributed by atoms with Gasteiger partial charge in [0.25, 0.3) is 0 Å². The third kappa shape index (κ3) is 9.14. The molecule has 1 aliphatic carbocycles.